The molecule has 1 aliphatic heterocycles. The van der Waals surface area contributed by atoms with Crippen LogP contribution in [0.3, 0.4) is 0 Å². The lowest BCUT2D eigenvalue weighted by molar-refractivity contribution is -0.126. The molecule has 2 amide bonds. The van der Waals surface area contributed by atoms with Gasteiger partial charge in [-0.3, -0.25) is 9.69 Å². The number of rotatable bonds is 8. The third kappa shape index (κ3) is 6.24. The van der Waals surface area contributed by atoms with Crippen molar-refractivity contribution in [3.8, 4) is 0 Å². The summed E-state index contributed by atoms with van der Waals surface area (Å²) in [4.78, 5) is 28.6. The molecule has 1 fully saturated rings. The molecule has 1 aliphatic rings. The number of ether oxygens (including phenoxy) is 1. The van der Waals surface area contributed by atoms with E-state index in [9.17, 15) is 9.59 Å². The van der Waals surface area contributed by atoms with Gasteiger partial charge in [0.1, 0.15) is 0 Å². The summed E-state index contributed by atoms with van der Waals surface area (Å²) in [6.45, 7) is 11.0. The minimum absolute atomic E-state index is 0.0154. The summed E-state index contributed by atoms with van der Waals surface area (Å²) < 4.78 is 5.06. The summed E-state index contributed by atoms with van der Waals surface area (Å²) in [5.41, 5.74) is 2.40. The van der Waals surface area contributed by atoms with Gasteiger partial charge in [0.15, 0.2) is 0 Å². The second-order valence-electron chi connectivity index (χ2n) is 6.93. The van der Waals surface area contributed by atoms with E-state index in [1.54, 1.807) is 11.8 Å². The number of nitrogens with one attached hydrogen (secondary N) is 1. The largest absolute Gasteiger partial charge is 0.450 e. The number of benzene rings is 1. The Labute approximate surface area is 162 Å². The Hall–Kier alpha value is -2.08. The number of hydrogen-bond acceptors (Lipinski definition) is 4. The molecule has 1 aromatic carbocycles. The van der Waals surface area contributed by atoms with E-state index in [4.69, 9.17) is 4.74 Å². The van der Waals surface area contributed by atoms with E-state index in [2.05, 4.69) is 36.2 Å². The van der Waals surface area contributed by atoms with Gasteiger partial charge in [0.2, 0.25) is 5.91 Å². The van der Waals surface area contributed by atoms with Crippen LogP contribution in [-0.2, 0) is 22.6 Å². The second kappa shape index (κ2) is 10.9. The van der Waals surface area contributed by atoms with Crippen LogP contribution >= 0.6 is 0 Å². The first-order valence-electron chi connectivity index (χ1n) is 10.1. The van der Waals surface area contributed by atoms with Crippen molar-refractivity contribution >= 4 is 12.0 Å². The third-order valence-electron chi connectivity index (χ3n) is 5.18. The zero-order chi connectivity index (χ0) is 19.6. The van der Waals surface area contributed by atoms with Gasteiger partial charge in [0, 0.05) is 26.2 Å². The summed E-state index contributed by atoms with van der Waals surface area (Å²) in [7, 11) is 0. The maximum Gasteiger partial charge on any atom is 0.409 e. The minimum Gasteiger partial charge on any atom is -0.450 e. The highest BCUT2D eigenvalue weighted by atomic mass is 16.6. The molecule has 6 nitrogen and oxygen atoms in total. The molecule has 27 heavy (non-hydrogen) atoms. The van der Waals surface area contributed by atoms with Crippen molar-refractivity contribution in [2.45, 2.75) is 46.7 Å². The van der Waals surface area contributed by atoms with Crippen LogP contribution in [0, 0.1) is 5.92 Å². The lowest BCUT2D eigenvalue weighted by Gasteiger charge is -2.31. The maximum atomic E-state index is 12.6. The topological polar surface area (TPSA) is 61.9 Å². The van der Waals surface area contributed by atoms with Gasteiger partial charge in [-0.2, -0.15) is 0 Å². The van der Waals surface area contributed by atoms with Gasteiger partial charge in [-0.15, -0.1) is 0 Å². The van der Waals surface area contributed by atoms with Crippen LogP contribution in [0.15, 0.2) is 24.3 Å². The quantitative estimate of drug-likeness (QED) is 0.759. The highest BCUT2D eigenvalue weighted by Gasteiger charge is 2.29. The van der Waals surface area contributed by atoms with Gasteiger partial charge in [-0.05, 0) is 44.0 Å². The Morgan fingerprint density at radius 3 is 2.56 bits per heavy atom. The number of carbonyl (C=O) groups is 2. The Balaban J connectivity index is 1.92. The van der Waals surface area contributed by atoms with E-state index in [-0.39, 0.29) is 17.9 Å². The van der Waals surface area contributed by atoms with Crippen LogP contribution < -0.4 is 5.32 Å². The fourth-order valence-electron chi connectivity index (χ4n) is 3.47. The molecule has 1 saturated heterocycles. The molecule has 0 bridgehead atoms. The van der Waals surface area contributed by atoms with Crippen LogP contribution in [0.2, 0.25) is 0 Å². The van der Waals surface area contributed by atoms with Crippen molar-refractivity contribution in [1.82, 2.24) is 15.1 Å². The van der Waals surface area contributed by atoms with Gasteiger partial charge in [-0.25, -0.2) is 4.79 Å². The monoisotopic (exact) mass is 375 g/mol. The van der Waals surface area contributed by atoms with Crippen LogP contribution in [0.4, 0.5) is 4.79 Å². The Bertz CT molecular complexity index is 616. The van der Waals surface area contributed by atoms with E-state index < -0.39 is 0 Å². The second-order valence-corrected chi connectivity index (χ2v) is 6.93. The number of piperidine rings is 1. The molecule has 1 atom stereocenters. The number of carbonyl (C=O) groups excluding carboxylic acids is 2. The molecule has 1 unspecified atom stereocenters. The molecule has 0 spiro atoms. The van der Waals surface area contributed by atoms with Crippen molar-refractivity contribution in [3.63, 3.8) is 0 Å². The van der Waals surface area contributed by atoms with Crippen molar-refractivity contribution in [2.24, 2.45) is 5.92 Å². The standard InChI is InChI=1S/C21H33N3O3/c1-4-23(5-2)15-18-11-8-7-10-17(18)14-22-20(25)19-12-9-13-24(16-19)21(26)27-6-3/h7-8,10-11,19H,4-6,9,12-16H2,1-3H3,(H,22,25). The molecule has 0 aromatic heterocycles. The first-order chi connectivity index (χ1) is 13.1. The third-order valence-corrected chi connectivity index (χ3v) is 5.18. The summed E-state index contributed by atoms with van der Waals surface area (Å²) >= 11 is 0. The van der Waals surface area contributed by atoms with E-state index in [1.807, 2.05) is 12.1 Å². The highest BCUT2D eigenvalue weighted by Crippen LogP contribution is 2.18. The average Bonchev–Trinajstić information content (AvgIpc) is 2.71. The molecule has 1 heterocycles. The van der Waals surface area contributed by atoms with E-state index in [0.29, 0.717) is 26.2 Å². The molecule has 0 saturated carbocycles. The predicted molar refractivity (Wildman–Crippen MR) is 106 cm³/mol. The summed E-state index contributed by atoms with van der Waals surface area (Å²) in [6, 6.07) is 8.26. The van der Waals surface area contributed by atoms with Gasteiger partial charge in [0.05, 0.1) is 12.5 Å². The fourth-order valence-corrected chi connectivity index (χ4v) is 3.47. The van der Waals surface area contributed by atoms with Crippen molar-refractivity contribution < 1.29 is 14.3 Å². The van der Waals surface area contributed by atoms with Gasteiger partial charge >= 0.3 is 6.09 Å². The summed E-state index contributed by atoms with van der Waals surface area (Å²) in [5, 5.41) is 3.07. The molecular weight excluding hydrogens is 342 g/mol. The predicted octanol–water partition coefficient (Wildman–Crippen LogP) is 3.01. The Kier molecular flexibility index (Phi) is 8.58. The molecule has 0 aliphatic carbocycles. The van der Waals surface area contributed by atoms with Gasteiger partial charge in [0.25, 0.3) is 0 Å². The lowest BCUT2D eigenvalue weighted by Crippen LogP contribution is -2.45. The van der Waals surface area contributed by atoms with E-state index >= 15 is 0 Å². The zero-order valence-electron chi connectivity index (χ0n) is 16.9. The Morgan fingerprint density at radius 1 is 1.19 bits per heavy atom. The van der Waals surface area contributed by atoms with Crippen LogP contribution in [0.1, 0.15) is 44.7 Å². The fraction of sp³-hybridized carbons (Fsp3) is 0.619. The summed E-state index contributed by atoms with van der Waals surface area (Å²) in [5.74, 6) is -0.153. The maximum absolute atomic E-state index is 12.6. The number of hydrogen-bond donors (Lipinski definition) is 1. The lowest BCUT2D eigenvalue weighted by atomic mass is 9.97. The molecule has 0 radical (unpaired) electrons. The molecule has 1 N–H and O–H groups in total. The Morgan fingerprint density at radius 2 is 1.89 bits per heavy atom. The van der Waals surface area contributed by atoms with E-state index in [0.717, 1.165) is 38.0 Å². The molecule has 150 valence electrons. The number of likely N-dealkylation sites (tertiary alicyclic amines) is 1. The van der Waals surface area contributed by atoms with Crippen LogP contribution in [0.5, 0.6) is 0 Å². The number of amides is 2. The molecule has 6 heteroatoms. The highest BCUT2D eigenvalue weighted by molar-refractivity contribution is 5.80. The normalized spacial score (nSPS) is 17.0. The van der Waals surface area contributed by atoms with Gasteiger partial charge < -0.3 is 15.0 Å². The van der Waals surface area contributed by atoms with Crippen LogP contribution in [-0.4, -0.2) is 54.6 Å². The average molecular weight is 376 g/mol. The van der Waals surface area contributed by atoms with Crippen molar-refractivity contribution in [1.29, 1.82) is 0 Å². The smallest absolute Gasteiger partial charge is 0.409 e. The number of nitrogens with zero attached hydrogens (tertiary/aromatic N) is 2. The SMILES string of the molecule is CCOC(=O)N1CCCC(C(=O)NCc2ccccc2CN(CC)CC)C1. The van der Waals surface area contributed by atoms with Gasteiger partial charge in [-0.1, -0.05) is 38.1 Å². The van der Waals surface area contributed by atoms with Crippen LogP contribution in [0.25, 0.3) is 0 Å². The molecular formula is C21H33N3O3. The van der Waals surface area contributed by atoms with E-state index in [1.165, 1.54) is 5.56 Å². The molecule has 1 aromatic rings. The van der Waals surface area contributed by atoms with Crippen molar-refractivity contribution in [2.75, 3.05) is 32.8 Å². The zero-order valence-corrected chi connectivity index (χ0v) is 16.9. The molecule has 2 rings (SSSR count). The first-order valence-corrected chi connectivity index (χ1v) is 10.1. The first kappa shape index (κ1) is 21.2. The van der Waals surface area contributed by atoms with Crippen molar-refractivity contribution in [3.05, 3.63) is 35.4 Å². The summed E-state index contributed by atoms with van der Waals surface area (Å²) in [6.07, 6.45) is 1.32. The minimum atomic E-state index is -0.320.